The molecule has 0 aliphatic carbocycles. The van der Waals surface area contributed by atoms with Gasteiger partial charge in [0.05, 0.1) is 5.69 Å². The lowest BCUT2D eigenvalue weighted by Gasteiger charge is -2.02. The van der Waals surface area contributed by atoms with Crippen molar-refractivity contribution < 1.29 is 14.4 Å². The zero-order chi connectivity index (χ0) is 8.32. The van der Waals surface area contributed by atoms with E-state index in [9.17, 15) is 4.57 Å². The molecule has 1 aromatic rings. The molecule has 0 saturated carbocycles. The first-order chi connectivity index (χ1) is 5.08. The second kappa shape index (κ2) is 3.05. The Morgan fingerprint density at radius 3 is 2.18 bits per heavy atom. The molecular formula is C6H7NO3P. The summed E-state index contributed by atoms with van der Waals surface area (Å²) in [5.74, 6) is 0. The van der Waals surface area contributed by atoms with Crippen LogP contribution < -0.4 is 5.09 Å². The highest BCUT2D eigenvalue weighted by molar-refractivity contribution is 7.49. The SMILES string of the molecule is O=P(O)(O)[N]c1ccccc1. The second-order valence-corrected chi connectivity index (χ2v) is 3.18. The van der Waals surface area contributed by atoms with Gasteiger partial charge in [0.15, 0.2) is 0 Å². The first kappa shape index (κ1) is 8.27. The van der Waals surface area contributed by atoms with Gasteiger partial charge in [0.2, 0.25) is 0 Å². The van der Waals surface area contributed by atoms with Crippen molar-refractivity contribution in [3.8, 4) is 0 Å². The van der Waals surface area contributed by atoms with Gasteiger partial charge < -0.3 is 9.79 Å². The average Bonchev–Trinajstić information content (AvgIpc) is 1.85. The Labute approximate surface area is 64.1 Å². The van der Waals surface area contributed by atoms with Crippen LogP contribution in [0.3, 0.4) is 0 Å². The molecular weight excluding hydrogens is 165 g/mol. The molecule has 0 atom stereocenters. The van der Waals surface area contributed by atoms with E-state index in [1.165, 1.54) is 12.1 Å². The molecule has 1 aromatic carbocycles. The van der Waals surface area contributed by atoms with Crippen molar-refractivity contribution in [3.05, 3.63) is 30.3 Å². The van der Waals surface area contributed by atoms with Crippen LogP contribution in [-0.4, -0.2) is 9.79 Å². The smallest absolute Gasteiger partial charge is 0.307 e. The van der Waals surface area contributed by atoms with Crippen molar-refractivity contribution in [2.24, 2.45) is 0 Å². The summed E-state index contributed by atoms with van der Waals surface area (Å²) in [6.07, 6.45) is 0. The maximum absolute atomic E-state index is 10.3. The molecule has 2 N–H and O–H groups in total. The summed E-state index contributed by atoms with van der Waals surface area (Å²) in [5, 5.41) is 3.16. The molecule has 1 radical (unpaired) electrons. The summed E-state index contributed by atoms with van der Waals surface area (Å²) in [7, 11) is -4.26. The van der Waals surface area contributed by atoms with Gasteiger partial charge in [-0.25, -0.2) is 4.57 Å². The molecule has 4 nitrogen and oxygen atoms in total. The molecule has 59 valence electrons. The molecule has 0 amide bonds. The number of rotatable bonds is 2. The summed E-state index contributed by atoms with van der Waals surface area (Å²) in [4.78, 5) is 16.8. The van der Waals surface area contributed by atoms with Crippen LogP contribution >= 0.6 is 7.75 Å². The van der Waals surface area contributed by atoms with Gasteiger partial charge in [-0.2, -0.15) is 5.09 Å². The van der Waals surface area contributed by atoms with E-state index in [2.05, 4.69) is 5.09 Å². The third-order valence-electron chi connectivity index (χ3n) is 1.00. The van der Waals surface area contributed by atoms with E-state index in [1.54, 1.807) is 18.2 Å². The van der Waals surface area contributed by atoms with Gasteiger partial charge in [-0.3, -0.25) is 0 Å². The lowest BCUT2D eigenvalue weighted by atomic mass is 10.3. The maximum Gasteiger partial charge on any atom is 0.449 e. The monoisotopic (exact) mass is 172 g/mol. The van der Waals surface area contributed by atoms with Gasteiger partial charge in [0.1, 0.15) is 0 Å². The van der Waals surface area contributed by atoms with E-state index in [0.29, 0.717) is 5.69 Å². The highest BCUT2D eigenvalue weighted by atomic mass is 31.2. The molecule has 5 heteroatoms. The van der Waals surface area contributed by atoms with Crippen LogP contribution in [0.15, 0.2) is 30.3 Å². The van der Waals surface area contributed by atoms with Crippen LogP contribution in [-0.2, 0) is 4.57 Å². The van der Waals surface area contributed by atoms with Crippen molar-refractivity contribution in [1.82, 2.24) is 5.09 Å². The summed E-state index contributed by atoms with van der Waals surface area (Å²) in [5.41, 5.74) is 0.292. The predicted molar refractivity (Wildman–Crippen MR) is 40.3 cm³/mol. The zero-order valence-corrected chi connectivity index (χ0v) is 6.48. The fourth-order valence-electron chi connectivity index (χ4n) is 0.645. The topological polar surface area (TPSA) is 71.6 Å². The fraction of sp³-hybridized carbons (Fsp3) is 0. The quantitative estimate of drug-likeness (QED) is 0.654. The Morgan fingerprint density at radius 1 is 1.18 bits per heavy atom. The summed E-state index contributed by atoms with van der Waals surface area (Å²) >= 11 is 0. The zero-order valence-electron chi connectivity index (χ0n) is 5.58. The molecule has 0 aromatic heterocycles. The van der Waals surface area contributed by atoms with Gasteiger partial charge in [0, 0.05) is 0 Å². The molecule has 1 rings (SSSR count). The Bertz CT molecular complexity index is 268. The molecule has 0 bridgehead atoms. The van der Waals surface area contributed by atoms with E-state index in [4.69, 9.17) is 9.79 Å². The van der Waals surface area contributed by atoms with Crippen molar-refractivity contribution in [3.63, 3.8) is 0 Å². The first-order valence-electron chi connectivity index (χ1n) is 2.92. The Morgan fingerprint density at radius 2 is 1.73 bits per heavy atom. The average molecular weight is 172 g/mol. The van der Waals surface area contributed by atoms with Crippen molar-refractivity contribution in [2.75, 3.05) is 0 Å². The number of hydrogen-bond donors (Lipinski definition) is 2. The van der Waals surface area contributed by atoms with Crippen LogP contribution in [0.4, 0.5) is 5.69 Å². The Hall–Kier alpha value is -0.830. The van der Waals surface area contributed by atoms with Gasteiger partial charge in [-0.15, -0.1) is 0 Å². The van der Waals surface area contributed by atoms with Crippen molar-refractivity contribution >= 4 is 13.4 Å². The third-order valence-corrected chi connectivity index (χ3v) is 1.49. The lowest BCUT2D eigenvalue weighted by molar-refractivity contribution is 0.364. The normalized spacial score (nSPS) is 11.1. The van der Waals surface area contributed by atoms with Crippen molar-refractivity contribution in [1.29, 1.82) is 0 Å². The van der Waals surface area contributed by atoms with Crippen LogP contribution in [0, 0.1) is 0 Å². The summed E-state index contributed by atoms with van der Waals surface area (Å²) in [6.45, 7) is 0. The number of hydrogen-bond acceptors (Lipinski definition) is 1. The Balaban J connectivity index is 2.74. The number of benzene rings is 1. The van der Waals surface area contributed by atoms with Gasteiger partial charge in [-0.05, 0) is 12.1 Å². The van der Waals surface area contributed by atoms with E-state index in [0.717, 1.165) is 0 Å². The van der Waals surface area contributed by atoms with Gasteiger partial charge in [-0.1, -0.05) is 18.2 Å². The minimum Gasteiger partial charge on any atom is -0.307 e. The Kier molecular flexibility index (Phi) is 2.29. The van der Waals surface area contributed by atoms with Crippen molar-refractivity contribution in [2.45, 2.75) is 0 Å². The highest BCUT2D eigenvalue weighted by Crippen LogP contribution is 2.35. The molecule has 0 aliphatic heterocycles. The molecule has 0 unspecified atom stereocenters. The third kappa shape index (κ3) is 3.18. The van der Waals surface area contributed by atoms with Crippen LogP contribution in [0.1, 0.15) is 0 Å². The highest BCUT2D eigenvalue weighted by Gasteiger charge is 2.14. The fourth-order valence-corrected chi connectivity index (χ4v) is 1.08. The summed E-state index contributed by atoms with van der Waals surface area (Å²) in [6, 6.07) is 8.12. The van der Waals surface area contributed by atoms with Crippen LogP contribution in [0.25, 0.3) is 0 Å². The molecule has 0 heterocycles. The van der Waals surface area contributed by atoms with Gasteiger partial charge in [0.25, 0.3) is 0 Å². The molecule has 0 aliphatic rings. The maximum atomic E-state index is 10.3. The minimum atomic E-state index is -4.26. The second-order valence-electron chi connectivity index (χ2n) is 1.95. The van der Waals surface area contributed by atoms with E-state index in [-0.39, 0.29) is 0 Å². The minimum absolute atomic E-state index is 0.292. The van der Waals surface area contributed by atoms with Crippen LogP contribution in [0.5, 0.6) is 0 Å². The largest absolute Gasteiger partial charge is 0.449 e. The molecule has 0 saturated heterocycles. The molecule has 0 fully saturated rings. The molecule has 11 heavy (non-hydrogen) atoms. The standard InChI is InChI=1S/C6H7NO3P/c8-11(9,10)7-6-4-2-1-3-5-6/h1-5H,(H2,8,9,10). The van der Waals surface area contributed by atoms with E-state index in [1.807, 2.05) is 0 Å². The number of nitrogens with zero attached hydrogens (tertiary/aromatic N) is 1. The van der Waals surface area contributed by atoms with E-state index < -0.39 is 7.75 Å². The molecule has 0 spiro atoms. The van der Waals surface area contributed by atoms with Gasteiger partial charge >= 0.3 is 7.75 Å². The lowest BCUT2D eigenvalue weighted by Crippen LogP contribution is -1.91. The summed E-state index contributed by atoms with van der Waals surface area (Å²) < 4.78 is 10.3. The predicted octanol–water partition coefficient (Wildman–Crippen LogP) is 1.02. The first-order valence-corrected chi connectivity index (χ1v) is 4.48. The van der Waals surface area contributed by atoms with E-state index >= 15 is 0 Å². The van der Waals surface area contributed by atoms with Crippen LogP contribution in [0.2, 0.25) is 0 Å².